The summed E-state index contributed by atoms with van der Waals surface area (Å²) in [4.78, 5) is 11.9. The van der Waals surface area contributed by atoms with Gasteiger partial charge in [-0.05, 0) is 44.0 Å². The van der Waals surface area contributed by atoms with Crippen LogP contribution in [0.4, 0.5) is 4.39 Å². The molecule has 0 radical (unpaired) electrons. The zero-order chi connectivity index (χ0) is 14.4. The lowest BCUT2D eigenvalue weighted by molar-refractivity contribution is -0.128. The second-order valence-electron chi connectivity index (χ2n) is 5.01. The van der Waals surface area contributed by atoms with Crippen molar-refractivity contribution in [3.05, 3.63) is 30.1 Å². The van der Waals surface area contributed by atoms with Gasteiger partial charge in [0.05, 0.1) is 6.54 Å². The zero-order valence-corrected chi connectivity index (χ0v) is 11.6. The topological polar surface area (TPSA) is 47.6 Å². The Morgan fingerprint density at radius 2 is 2.05 bits per heavy atom. The lowest BCUT2D eigenvalue weighted by Crippen LogP contribution is -2.39. The number of carbonyl (C=O) groups excluding carboxylic acids is 1. The van der Waals surface area contributed by atoms with E-state index in [2.05, 4.69) is 5.32 Å². The van der Waals surface area contributed by atoms with Crippen LogP contribution in [0, 0.1) is 11.7 Å². The number of hydrogen-bond donors (Lipinski definition) is 1. The molecule has 1 N–H and O–H groups in total. The van der Waals surface area contributed by atoms with E-state index in [1.165, 1.54) is 12.1 Å². The van der Waals surface area contributed by atoms with Gasteiger partial charge in [0, 0.05) is 19.1 Å². The number of hydrogen-bond acceptors (Lipinski definition) is 3. The summed E-state index contributed by atoms with van der Waals surface area (Å²) < 4.78 is 23.6. The minimum absolute atomic E-state index is 0.0433. The highest BCUT2D eigenvalue weighted by atomic mass is 19.1. The monoisotopic (exact) mass is 281 g/mol. The van der Waals surface area contributed by atoms with Gasteiger partial charge in [-0.3, -0.25) is 4.79 Å². The largest absolute Gasteiger partial charge is 0.489 e. The predicted octanol–water partition coefficient (Wildman–Crippen LogP) is 2.14. The van der Waals surface area contributed by atoms with Crippen molar-refractivity contribution in [1.82, 2.24) is 5.32 Å². The van der Waals surface area contributed by atoms with Crippen LogP contribution in [0.1, 0.15) is 19.8 Å². The molecule has 1 aliphatic heterocycles. The Balaban J connectivity index is 1.72. The molecule has 0 spiro atoms. The van der Waals surface area contributed by atoms with E-state index in [9.17, 15) is 9.18 Å². The van der Waals surface area contributed by atoms with Gasteiger partial charge in [-0.25, -0.2) is 4.39 Å². The van der Waals surface area contributed by atoms with E-state index in [0.29, 0.717) is 25.5 Å². The molecular weight excluding hydrogens is 261 g/mol. The molecule has 1 unspecified atom stereocenters. The SMILES string of the molecule is CC(CNC(=O)C1CCOCC1)Oc1ccc(F)cc1. The molecule has 1 fully saturated rings. The van der Waals surface area contributed by atoms with E-state index in [1.54, 1.807) is 12.1 Å². The van der Waals surface area contributed by atoms with E-state index in [-0.39, 0.29) is 23.7 Å². The molecule has 5 heteroatoms. The summed E-state index contributed by atoms with van der Waals surface area (Å²) in [5.41, 5.74) is 0. The van der Waals surface area contributed by atoms with Crippen molar-refractivity contribution < 1.29 is 18.7 Å². The van der Waals surface area contributed by atoms with Crippen LogP contribution in [-0.2, 0) is 9.53 Å². The van der Waals surface area contributed by atoms with Gasteiger partial charge in [-0.15, -0.1) is 0 Å². The third-order valence-electron chi connectivity index (χ3n) is 3.31. The Kier molecular flexibility index (Phi) is 5.35. The fraction of sp³-hybridized carbons (Fsp3) is 0.533. The summed E-state index contributed by atoms with van der Waals surface area (Å²) in [6, 6.07) is 5.85. The van der Waals surface area contributed by atoms with Crippen LogP contribution in [0.15, 0.2) is 24.3 Å². The maximum atomic E-state index is 12.8. The van der Waals surface area contributed by atoms with E-state index in [0.717, 1.165) is 12.8 Å². The predicted molar refractivity (Wildman–Crippen MR) is 73.0 cm³/mol. The Bertz CT molecular complexity index is 429. The number of rotatable bonds is 5. The number of ether oxygens (including phenoxy) is 2. The number of halogens is 1. The maximum absolute atomic E-state index is 12.8. The average molecular weight is 281 g/mol. The molecule has 0 bridgehead atoms. The lowest BCUT2D eigenvalue weighted by Gasteiger charge is -2.22. The zero-order valence-electron chi connectivity index (χ0n) is 11.6. The maximum Gasteiger partial charge on any atom is 0.223 e. The minimum atomic E-state index is -0.294. The third kappa shape index (κ3) is 4.49. The molecular formula is C15H20FNO3. The molecule has 1 aromatic carbocycles. The highest BCUT2D eigenvalue weighted by Gasteiger charge is 2.21. The Morgan fingerprint density at radius 1 is 1.40 bits per heavy atom. The Labute approximate surface area is 118 Å². The molecule has 1 saturated heterocycles. The molecule has 4 nitrogen and oxygen atoms in total. The summed E-state index contributed by atoms with van der Waals surface area (Å²) in [5.74, 6) is 0.404. The Morgan fingerprint density at radius 3 is 2.70 bits per heavy atom. The first-order valence-corrected chi connectivity index (χ1v) is 6.93. The second-order valence-corrected chi connectivity index (χ2v) is 5.01. The Hall–Kier alpha value is -1.62. The summed E-state index contributed by atoms with van der Waals surface area (Å²) in [6.07, 6.45) is 1.39. The van der Waals surface area contributed by atoms with Crippen molar-refractivity contribution in [2.75, 3.05) is 19.8 Å². The second kappa shape index (κ2) is 7.24. The number of carbonyl (C=O) groups is 1. The van der Waals surface area contributed by atoms with Gasteiger partial charge in [0.1, 0.15) is 17.7 Å². The summed E-state index contributed by atoms with van der Waals surface area (Å²) >= 11 is 0. The molecule has 0 saturated carbocycles. The van der Waals surface area contributed by atoms with Crippen LogP contribution >= 0.6 is 0 Å². The fourth-order valence-corrected chi connectivity index (χ4v) is 2.14. The van der Waals surface area contributed by atoms with Crippen molar-refractivity contribution in [3.8, 4) is 5.75 Å². The van der Waals surface area contributed by atoms with Gasteiger partial charge in [0.25, 0.3) is 0 Å². The van der Waals surface area contributed by atoms with Crippen molar-refractivity contribution in [2.24, 2.45) is 5.92 Å². The quantitative estimate of drug-likeness (QED) is 0.899. The molecule has 1 amide bonds. The molecule has 2 rings (SSSR count). The molecule has 0 aliphatic carbocycles. The van der Waals surface area contributed by atoms with Gasteiger partial charge >= 0.3 is 0 Å². The number of nitrogens with one attached hydrogen (secondary N) is 1. The first-order chi connectivity index (χ1) is 9.65. The van der Waals surface area contributed by atoms with Crippen molar-refractivity contribution in [2.45, 2.75) is 25.9 Å². The molecule has 0 aromatic heterocycles. The normalized spacial score (nSPS) is 17.5. The fourth-order valence-electron chi connectivity index (χ4n) is 2.14. The lowest BCUT2D eigenvalue weighted by atomic mass is 9.99. The molecule has 1 heterocycles. The van der Waals surface area contributed by atoms with E-state index < -0.39 is 0 Å². The standard InChI is InChI=1S/C15H20FNO3/c1-11(20-14-4-2-13(16)3-5-14)10-17-15(18)12-6-8-19-9-7-12/h2-5,11-12H,6-10H2,1H3,(H,17,18). The molecule has 1 atom stereocenters. The summed E-state index contributed by atoms with van der Waals surface area (Å²) in [6.45, 7) is 3.61. The van der Waals surface area contributed by atoms with Crippen LogP contribution in [0.25, 0.3) is 0 Å². The van der Waals surface area contributed by atoms with Crippen molar-refractivity contribution in [3.63, 3.8) is 0 Å². The highest BCUT2D eigenvalue weighted by molar-refractivity contribution is 5.78. The van der Waals surface area contributed by atoms with Gasteiger partial charge in [-0.2, -0.15) is 0 Å². The first-order valence-electron chi connectivity index (χ1n) is 6.93. The number of benzene rings is 1. The average Bonchev–Trinajstić information content (AvgIpc) is 2.48. The van der Waals surface area contributed by atoms with Gasteiger partial charge in [0.15, 0.2) is 0 Å². The van der Waals surface area contributed by atoms with E-state index >= 15 is 0 Å². The van der Waals surface area contributed by atoms with Gasteiger partial charge in [0.2, 0.25) is 5.91 Å². The molecule has 1 aromatic rings. The van der Waals surface area contributed by atoms with Crippen molar-refractivity contribution >= 4 is 5.91 Å². The van der Waals surface area contributed by atoms with E-state index in [4.69, 9.17) is 9.47 Å². The molecule has 1 aliphatic rings. The van der Waals surface area contributed by atoms with Crippen LogP contribution < -0.4 is 10.1 Å². The number of amides is 1. The first kappa shape index (κ1) is 14.8. The molecule has 110 valence electrons. The van der Waals surface area contributed by atoms with E-state index in [1.807, 2.05) is 6.92 Å². The van der Waals surface area contributed by atoms with Gasteiger partial charge in [-0.1, -0.05) is 0 Å². The summed E-state index contributed by atoms with van der Waals surface area (Å²) in [7, 11) is 0. The third-order valence-corrected chi connectivity index (χ3v) is 3.31. The molecule has 20 heavy (non-hydrogen) atoms. The highest BCUT2D eigenvalue weighted by Crippen LogP contribution is 2.15. The van der Waals surface area contributed by atoms with Gasteiger partial charge < -0.3 is 14.8 Å². The van der Waals surface area contributed by atoms with Crippen LogP contribution in [0.3, 0.4) is 0 Å². The van der Waals surface area contributed by atoms with Crippen molar-refractivity contribution in [1.29, 1.82) is 0 Å². The van der Waals surface area contributed by atoms with Crippen LogP contribution in [0.5, 0.6) is 5.75 Å². The smallest absolute Gasteiger partial charge is 0.223 e. The minimum Gasteiger partial charge on any atom is -0.489 e. The van der Waals surface area contributed by atoms with Crippen LogP contribution in [-0.4, -0.2) is 31.8 Å². The van der Waals surface area contributed by atoms with Crippen LogP contribution in [0.2, 0.25) is 0 Å². The summed E-state index contributed by atoms with van der Waals surface area (Å²) in [5, 5.41) is 2.89.